The van der Waals surface area contributed by atoms with Crippen LogP contribution in [0.15, 0.2) is 30.5 Å². The van der Waals surface area contributed by atoms with E-state index in [-0.39, 0.29) is 16.2 Å². The van der Waals surface area contributed by atoms with Gasteiger partial charge in [-0.15, -0.1) is 0 Å². The van der Waals surface area contributed by atoms with Gasteiger partial charge in [0.2, 0.25) is 0 Å². The molecule has 92 valence electrons. The van der Waals surface area contributed by atoms with Crippen LogP contribution in [0.25, 0.3) is 0 Å². The zero-order valence-corrected chi connectivity index (χ0v) is 9.61. The van der Waals surface area contributed by atoms with Gasteiger partial charge in [0.15, 0.2) is 0 Å². The number of halogens is 1. The smallest absolute Gasteiger partial charge is 0.356 e. The number of carbonyl (C=O) groups excluding carboxylic acids is 1. The zero-order valence-electron chi connectivity index (χ0n) is 8.79. The quantitative estimate of drug-likeness (QED) is 0.681. The molecule has 0 saturated heterocycles. The number of nitrogens with zero attached hydrogens (tertiary/aromatic N) is 1. The van der Waals surface area contributed by atoms with Gasteiger partial charge in [-0.25, -0.2) is 14.0 Å². The van der Waals surface area contributed by atoms with E-state index >= 15 is 0 Å². The third-order valence-electron chi connectivity index (χ3n) is 1.99. The summed E-state index contributed by atoms with van der Waals surface area (Å²) >= 11 is 0.710. The normalized spacial score (nSPS) is 10.1. The van der Waals surface area contributed by atoms with Crippen LogP contribution in [-0.4, -0.2) is 21.4 Å². The molecule has 1 N–H and O–H groups in total. The summed E-state index contributed by atoms with van der Waals surface area (Å²) in [6.45, 7) is 0. The molecule has 0 amide bonds. The third-order valence-corrected chi connectivity index (χ3v) is 2.77. The van der Waals surface area contributed by atoms with Gasteiger partial charge in [-0.3, -0.25) is 0 Å². The van der Waals surface area contributed by atoms with Crippen LogP contribution < -0.4 is 4.74 Å². The minimum atomic E-state index is -1.27. The van der Waals surface area contributed by atoms with Crippen LogP contribution in [-0.2, 0) is 0 Å². The molecule has 0 fully saturated rings. The Balaban J connectivity index is 2.22. The average Bonchev–Trinajstić information content (AvgIpc) is 2.77. The first-order chi connectivity index (χ1) is 8.58. The van der Waals surface area contributed by atoms with Crippen molar-refractivity contribution >= 4 is 23.5 Å². The number of aromatic nitrogens is 1. The lowest BCUT2D eigenvalue weighted by Gasteiger charge is -2.02. The van der Waals surface area contributed by atoms with Gasteiger partial charge in [0.1, 0.15) is 22.0 Å². The van der Waals surface area contributed by atoms with Crippen LogP contribution in [0.5, 0.6) is 5.75 Å². The van der Waals surface area contributed by atoms with Crippen molar-refractivity contribution in [3.8, 4) is 5.75 Å². The van der Waals surface area contributed by atoms with Crippen molar-refractivity contribution < 1.29 is 23.8 Å². The number of carboxylic acid groups (broad SMARTS) is 1. The molecule has 2 rings (SSSR count). The van der Waals surface area contributed by atoms with E-state index in [1.54, 1.807) is 0 Å². The maximum atomic E-state index is 12.9. The fourth-order valence-corrected chi connectivity index (χ4v) is 1.84. The lowest BCUT2D eigenvalue weighted by atomic mass is 10.3. The Kier molecular flexibility index (Phi) is 3.33. The molecular weight excluding hydrogens is 261 g/mol. The van der Waals surface area contributed by atoms with Gasteiger partial charge in [0, 0.05) is 6.07 Å². The van der Waals surface area contributed by atoms with Crippen molar-refractivity contribution in [1.82, 2.24) is 4.37 Å². The first-order valence-electron chi connectivity index (χ1n) is 4.73. The number of rotatable bonds is 3. The molecule has 0 spiro atoms. The van der Waals surface area contributed by atoms with Gasteiger partial charge in [0.05, 0.1) is 6.20 Å². The van der Waals surface area contributed by atoms with E-state index in [1.165, 1.54) is 18.2 Å². The molecule has 0 radical (unpaired) electrons. The Morgan fingerprint density at radius 3 is 2.83 bits per heavy atom. The molecule has 0 aliphatic heterocycles. The molecule has 1 heterocycles. The van der Waals surface area contributed by atoms with E-state index in [9.17, 15) is 14.0 Å². The first-order valence-corrected chi connectivity index (χ1v) is 5.51. The number of carbonyl (C=O) groups is 2. The molecule has 0 aliphatic carbocycles. The second-order valence-electron chi connectivity index (χ2n) is 3.22. The molecule has 0 aliphatic rings. The highest BCUT2D eigenvalue weighted by Gasteiger charge is 2.21. The largest absolute Gasteiger partial charge is 0.478 e. The molecule has 1 aromatic carbocycles. The fourth-order valence-electron chi connectivity index (χ4n) is 1.22. The van der Waals surface area contributed by atoms with Gasteiger partial charge in [-0.1, -0.05) is 6.07 Å². The summed E-state index contributed by atoms with van der Waals surface area (Å²) < 4.78 is 21.3. The van der Waals surface area contributed by atoms with E-state index < -0.39 is 17.8 Å². The van der Waals surface area contributed by atoms with Crippen molar-refractivity contribution in [2.24, 2.45) is 0 Å². The second-order valence-corrected chi connectivity index (χ2v) is 4.02. The number of esters is 1. The average molecular weight is 267 g/mol. The number of hydrogen-bond donors (Lipinski definition) is 1. The van der Waals surface area contributed by atoms with Gasteiger partial charge < -0.3 is 9.84 Å². The highest BCUT2D eigenvalue weighted by molar-refractivity contribution is 7.08. The minimum Gasteiger partial charge on any atom is -0.478 e. The summed E-state index contributed by atoms with van der Waals surface area (Å²) in [6, 6.07) is 5.00. The zero-order chi connectivity index (χ0) is 13.1. The maximum Gasteiger partial charge on any atom is 0.356 e. The van der Waals surface area contributed by atoms with E-state index in [4.69, 9.17) is 9.84 Å². The molecular formula is C11H6FNO4S. The Morgan fingerprint density at radius 2 is 2.17 bits per heavy atom. The first kappa shape index (κ1) is 12.2. The highest BCUT2D eigenvalue weighted by Crippen LogP contribution is 2.18. The lowest BCUT2D eigenvalue weighted by Crippen LogP contribution is -2.11. The summed E-state index contributed by atoms with van der Waals surface area (Å²) in [6.07, 6.45) is 1.06. The number of benzene rings is 1. The number of hydrogen-bond acceptors (Lipinski definition) is 5. The van der Waals surface area contributed by atoms with Crippen LogP contribution in [0, 0.1) is 5.82 Å². The maximum absolute atomic E-state index is 12.9. The predicted molar refractivity (Wildman–Crippen MR) is 60.4 cm³/mol. The van der Waals surface area contributed by atoms with Crippen LogP contribution in [0.3, 0.4) is 0 Å². The summed E-state index contributed by atoms with van der Waals surface area (Å²) in [4.78, 5) is 22.3. The summed E-state index contributed by atoms with van der Waals surface area (Å²) in [7, 11) is 0. The molecule has 2 aromatic rings. The topological polar surface area (TPSA) is 76.5 Å². The van der Waals surface area contributed by atoms with Gasteiger partial charge in [-0.05, 0) is 23.7 Å². The lowest BCUT2D eigenvalue weighted by molar-refractivity contribution is 0.0671. The van der Waals surface area contributed by atoms with Crippen molar-refractivity contribution in [3.05, 3.63) is 46.7 Å². The van der Waals surface area contributed by atoms with Crippen LogP contribution in [0.2, 0.25) is 0 Å². The summed E-state index contributed by atoms with van der Waals surface area (Å²) in [5.74, 6) is -2.69. The van der Waals surface area contributed by atoms with E-state index in [1.807, 2.05) is 0 Å². The van der Waals surface area contributed by atoms with Crippen molar-refractivity contribution in [1.29, 1.82) is 0 Å². The Labute approximate surface area is 105 Å². The van der Waals surface area contributed by atoms with Gasteiger partial charge in [-0.2, -0.15) is 4.37 Å². The van der Waals surface area contributed by atoms with Crippen LogP contribution >= 0.6 is 11.5 Å². The molecule has 5 nitrogen and oxygen atoms in total. The van der Waals surface area contributed by atoms with Gasteiger partial charge in [0.25, 0.3) is 0 Å². The number of ether oxygens (including phenoxy) is 1. The van der Waals surface area contributed by atoms with E-state index in [2.05, 4.69) is 4.37 Å². The van der Waals surface area contributed by atoms with Crippen LogP contribution in [0.4, 0.5) is 4.39 Å². The summed E-state index contributed by atoms with van der Waals surface area (Å²) in [5.41, 5.74) is -0.235. The summed E-state index contributed by atoms with van der Waals surface area (Å²) in [5, 5.41) is 8.81. The van der Waals surface area contributed by atoms with E-state index in [0.717, 1.165) is 12.3 Å². The number of aromatic carboxylic acids is 1. The second kappa shape index (κ2) is 4.92. The van der Waals surface area contributed by atoms with Crippen LogP contribution in [0.1, 0.15) is 20.0 Å². The molecule has 0 atom stereocenters. The monoisotopic (exact) mass is 267 g/mol. The molecule has 0 saturated carbocycles. The standard InChI is InChI=1S/C11H6FNO4S/c12-6-2-1-3-7(4-6)17-11(16)9-8(10(14)15)5-13-18-9/h1-5H,(H,14,15). The molecule has 18 heavy (non-hydrogen) atoms. The highest BCUT2D eigenvalue weighted by atomic mass is 32.1. The molecule has 7 heteroatoms. The minimum absolute atomic E-state index is 0.00439. The molecule has 1 aromatic heterocycles. The SMILES string of the molecule is O=C(O)c1cnsc1C(=O)Oc1cccc(F)c1. The Bertz CT molecular complexity index is 611. The van der Waals surface area contributed by atoms with Gasteiger partial charge >= 0.3 is 11.9 Å². The Morgan fingerprint density at radius 1 is 1.39 bits per heavy atom. The fraction of sp³-hybridized carbons (Fsp3) is 0. The van der Waals surface area contributed by atoms with Crippen molar-refractivity contribution in [2.75, 3.05) is 0 Å². The van der Waals surface area contributed by atoms with Crippen molar-refractivity contribution in [2.45, 2.75) is 0 Å². The van der Waals surface area contributed by atoms with E-state index in [0.29, 0.717) is 11.5 Å². The number of carboxylic acids is 1. The third kappa shape index (κ3) is 2.51. The predicted octanol–water partition coefficient (Wildman–Crippen LogP) is 2.20. The Hall–Kier alpha value is -2.28. The molecule has 0 unspecified atom stereocenters. The molecule has 0 bridgehead atoms. The van der Waals surface area contributed by atoms with Crippen molar-refractivity contribution in [3.63, 3.8) is 0 Å².